The smallest absolute Gasteiger partial charge is 0.315 e. The van der Waals surface area contributed by atoms with Crippen molar-refractivity contribution in [1.29, 1.82) is 0 Å². The predicted octanol–water partition coefficient (Wildman–Crippen LogP) is 4.51. The van der Waals surface area contributed by atoms with Crippen LogP contribution < -0.4 is 0 Å². The highest BCUT2D eigenvalue weighted by Gasteiger charge is 2.31. The van der Waals surface area contributed by atoms with Crippen molar-refractivity contribution in [2.75, 3.05) is 13.1 Å². The van der Waals surface area contributed by atoms with Crippen LogP contribution in [0.3, 0.4) is 0 Å². The van der Waals surface area contributed by atoms with Gasteiger partial charge >= 0.3 is 6.43 Å². The molecule has 0 radical (unpaired) electrons. The van der Waals surface area contributed by atoms with Crippen LogP contribution >= 0.6 is 0 Å². The summed E-state index contributed by atoms with van der Waals surface area (Å²) in [5.74, 6) is -1.07. The van der Waals surface area contributed by atoms with Gasteiger partial charge in [-0.25, -0.2) is 0 Å². The SMILES string of the molecule is Cc1ccc2[nH]c(C3CCCN(C(=O)C(F)F)C3)c(-c3ccncc3)c2c1. The van der Waals surface area contributed by atoms with Crippen LogP contribution in [0.5, 0.6) is 0 Å². The molecular weight excluding hydrogens is 348 g/mol. The number of benzene rings is 1. The maximum absolute atomic E-state index is 12.9. The molecule has 0 bridgehead atoms. The monoisotopic (exact) mass is 369 g/mol. The molecule has 1 aromatic carbocycles. The number of fused-ring (bicyclic) bond motifs is 1. The summed E-state index contributed by atoms with van der Waals surface area (Å²) in [7, 11) is 0. The first kappa shape index (κ1) is 17.6. The van der Waals surface area contributed by atoms with Gasteiger partial charge in [0.25, 0.3) is 5.91 Å². The van der Waals surface area contributed by atoms with Crippen molar-refractivity contribution in [1.82, 2.24) is 14.9 Å². The number of piperidine rings is 1. The van der Waals surface area contributed by atoms with Crippen LogP contribution in [0.2, 0.25) is 0 Å². The molecule has 6 heteroatoms. The normalized spacial score (nSPS) is 17.6. The van der Waals surface area contributed by atoms with Crippen LogP contribution in [0.25, 0.3) is 22.0 Å². The standard InChI is InChI=1S/C21H21F2N3O/c1-13-4-5-17-16(11-13)18(14-6-8-24-9-7-14)19(25-17)15-3-2-10-26(12-15)21(27)20(22)23/h4-9,11,15,20,25H,2-3,10,12H2,1H3. The van der Waals surface area contributed by atoms with E-state index in [1.807, 2.05) is 31.2 Å². The summed E-state index contributed by atoms with van der Waals surface area (Å²) >= 11 is 0. The molecule has 3 heterocycles. The molecule has 27 heavy (non-hydrogen) atoms. The number of aryl methyl sites for hydroxylation is 1. The molecule has 1 N–H and O–H groups in total. The highest BCUT2D eigenvalue weighted by molar-refractivity contribution is 5.98. The number of carbonyl (C=O) groups excluding carboxylic acids is 1. The second kappa shape index (κ2) is 7.10. The summed E-state index contributed by atoms with van der Waals surface area (Å²) in [5, 5.41) is 1.11. The minimum Gasteiger partial charge on any atom is -0.358 e. The summed E-state index contributed by atoms with van der Waals surface area (Å²) in [6, 6.07) is 10.1. The molecule has 1 saturated heterocycles. The van der Waals surface area contributed by atoms with E-state index in [1.54, 1.807) is 12.4 Å². The number of nitrogens with one attached hydrogen (secondary N) is 1. The highest BCUT2D eigenvalue weighted by Crippen LogP contribution is 2.39. The number of pyridine rings is 1. The van der Waals surface area contributed by atoms with Gasteiger partial charge in [-0.1, -0.05) is 11.6 Å². The lowest BCUT2D eigenvalue weighted by Gasteiger charge is -2.32. The molecule has 4 rings (SSSR count). The Morgan fingerprint density at radius 2 is 2.04 bits per heavy atom. The van der Waals surface area contributed by atoms with E-state index in [1.165, 1.54) is 4.90 Å². The van der Waals surface area contributed by atoms with Crippen LogP contribution in [-0.4, -0.2) is 40.3 Å². The zero-order chi connectivity index (χ0) is 19.0. The number of halogens is 2. The van der Waals surface area contributed by atoms with E-state index in [4.69, 9.17) is 0 Å². The first-order valence-electron chi connectivity index (χ1n) is 9.14. The number of likely N-dealkylation sites (tertiary alicyclic amines) is 1. The van der Waals surface area contributed by atoms with Gasteiger partial charge in [0.2, 0.25) is 0 Å². The summed E-state index contributed by atoms with van der Waals surface area (Å²) < 4.78 is 25.8. The van der Waals surface area contributed by atoms with Crippen LogP contribution in [-0.2, 0) is 4.79 Å². The van der Waals surface area contributed by atoms with Crippen LogP contribution in [0, 0.1) is 6.92 Å². The Morgan fingerprint density at radius 3 is 2.78 bits per heavy atom. The maximum atomic E-state index is 12.9. The molecule has 1 unspecified atom stereocenters. The molecule has 4 nitrogen and oxygen atoms in total. The molecule has 140 valence electrons. The maximum Gasteiger partial charge on any atom is 0.315 e. The molecule has 1 amide bonds. The van der Waals surface area contributed by atoms with Gasteiger partial charge in [-0.05, 0) is 49.6 Å². The lowest BCUT2D eigenvalue weighted by Crippen LogP contribution is -2.42. The average molecular weight is 369 g/mol. The summed E-state index contributed by atoms with van der Waals surface area (Å²) in [6.07, 6.45) is 2.13. The molecule has 0 spiro atoms. The van der Waals surface area contributed by atoms with E-state index >= 15 is 0 Å². The highest BCUT2D eigenvalue weighted by atomic mass is 19.3. The number of rotatable bonds is 3. The molecule has 1 aliphatic heterocycles. The van der Waals surface area contributed by atoms with E-state index in [9.17, 15) is 13.6 Å². The average Bonchev–Trinajstić information content (AvgIpc) is 3.06. The fourth-order valence-electron chi connectivity index (χ4n) is 4.01. The lowest BCUT2D eigenvalue weighted by molar-refractivity contribution is -0.144. The van der Waals surface area contributed by atoms with E-state index < -0.39 is 12.3 Å². The third kappa shape index (κ3) is 3.31. The predicted molar refractivity (Wildman–Crippen MR) is 101 cm³/mol. The van der Waals surface area contributed by atoms with Crippen LogP contribution in [0.15, 0.2) is 42.7 Å². The van der Waals surface area contributed by atoms with Crippen LogP contribution in [0.1, 0.15) is 30.0 Å². The number of hydrogen-bond donors (Lipinski definition) is 1. The van der Waals surface area contributed by atoms with Crippen molar-refractivity contribution in [2.24, 2.45) is 0 Å². The van der Waals surface area contributed by atoms with Gasteiger partial charge in [0.15, 0.2) is 0 Å². The van der Waals surface area contributed by atoms with Gasteiger partial charge in [-0.15, -0.1) is 0 Å². The van der Waals surface area contributed by atoms with E-state index in [-0.39, 0.29) is 5.92 Å². The van der Waals surface area contributed by atoms with Crippen LogP contribution in [0.4, 0.5) is 8.78 Å². The van der Waals surface area contributed by atoms with Crippen molar-refractivity contribution in [3.8, 4) is 11.1 Å². The summed E-state index contributed by atoms with van der Waals surface area (Å²) in [4.78, 5) is 20.7. The second-order valence-corrected chi connectivity index (χ2v) is 7.12. The lowest BCUT2D eigenvalue weighted by atomic mass is 9.89. The number of amides is 1. The Morgan fingerprint density at radius 1 is 1.26 bits per heavy atom. The van der Waals surface area contributed by atoms with Crippen molar-refractivity contribution in [3.05, 3.63) is 54.0 Å². The summed E-state index contributed by atoms with van der Waals surface area (Å²) in [6.45, 7) is 2.75. The Balaban J connectivity index is 1.80. The number of aromatic amines is 1. The molecule has 1 fully saturated rings. The van der Waals surface area contributed by atoms with E-state index in [0.717, 1.165) is 39.7 Å². The summed E-state index contributed by atoms with van der Waals surface area (Å²) in [5.41, 5.74) is 5.29. The van der Waals surface area contributed by atoms with Gasteiger partial charge in [0.05, 0.1) is 0 Å². The van der Waals surface area contributed by atoms with Crippen molar-refractivity contribution >= 4 is 16.8 Å². The largest absolute Gasteiger partial charge is 0.358 e. The van der Waals surface area contributed by atoms with Gasteiger partial charge < -0.3 is 9.88 Å². The third-order valence-electron chi connectivity index (χ3n) is 5.28. The van der Waals surface area contributed by atoms with E-state index in [2.05, 4.69) is 16.0 Å². The van der Waals surface area contributed by atoms with Crippen molar-refractivity contribution < 1.29 is 13.6 Å². The first-order chi connectivity index (χ1) is 13.0. The van der Waals surface area contributed by atoms with Crippen molar-refractivity contribution in [3.63, 3.8) is 0 Å². The van der Waals surface area contributed by atoms with Gasteiger partial charge in [0.1, 0.15) is 0 Å². The topological polar surface area (TPSA) is 49.0 Å². The fourth-order valence-corrected chi connectivity index (χ4v) is 4.01. The number of nitrogens with zero attached hydrogens (tertiary/aromatic N) is 2. The minimum absolute atomic E-state index is 0.00248. The van der Waals surface area contributed by atoms with E-state index in [0.29, 0.717) is 19.5 Å². The van der Waals surface area contributed by atoms with Gasteiger partial charge in [-0.2, -0.15) is 8.78 Å². The van der Waals surface area contributed by atoms with Gasteiger partial charge in [-0.3, -0.25) is 9.78 Å². The minimum atomic E-state index is -2.95. The molecule has 3 aromatic rings. The van der Waals surface area contributed by atoms with Crippen molar-refractivity contribution in [2.45, 2.75) is 32.1 Å². The number of aromatic nitrogens is 2. The first-order valence-corrected chi connectivity index (χ1v) is 9.14. The second-order valence-electron chi connectivity index (χ2n) is 7.12. The molecule has 2 aromatic heterocycles. The van der Waals surface area contributed by atoms with Gasteiger partial charge in [0, 0.05) is 53.6 Å². The number of hydrogen-bond acceptors (Lipinski definition) is 2. The zero-order valence-electron chi connectivity index (χ0n) is 15.1. The zero-order valence-corrected chi connectivity index (χ0v) is 15.1. The third-order valence-corrected chi connectivity index (χ3v) is 5.28. The molecule has 0 aliphatic carbocycles. The fraction of sp³-hybridized carbons (Fsp3) is 0.333. The Kier molecular flexibility index (Phi) is 4.64. The number of H-pyrrole nitrogens is 1. The molecule has 0 saturated carbocycles. The number of alkyl halides is 2. The molecule has 1 aliphatic rings. The Hall–Kier alpha value is -2.76. The number of carbonyl (C=O) groups is 1. The quantitative estimate of drug-likeness (QED) is 0.738. The molecule has 1 atom stereocenters. The Labute approximate surface area is 156 Å². The Bertz CT molecular complexity index is 968. The molecular formula is C21H21F2N3O.